The predicted molar refractivity (Wildman–Crippen MR) is 121 cm³/mol. The lowest BCUT2D eigenvalue weighted by atomic mass is 10.1. The fourth-order valence-corrected chi connectivity index (χ4v) is 4.56. The summed E-state index contributed by atoms with van der Waals surface area (Å²) in [4.78, 5) is 32.0. The van der Waals surface area contributed by atoms with Gasteiger partial charge in [0.05, 0.1) is 18.0 Å². The molecule has 2 atom stereocenters. The largest absolute Gasteiger partial charge is 0.464 e. The van der Waals surface area contributed by atoms with E-state index in [0.29, 0.717) is 11.4 Å². The number of esters is 1. The minimum Gasteiger partial charge on any atom is -0.464 e. The molecule has 1 saturated heterocycles. The van der Waals surface area contributed by atoms with Crippen LogP contribution in [0.4, 0.5) is 4.79 Å². The van der Waals surface area contributed by atoms with E-state index in [1.54, 1.807) is 13.1 Å². The van der Waals surface area contributed by atoms with Gasteiger partial charge in [0, 0.05) is 6.20 Å². The Morgan fingerprint density at radius 2 is 1.88 bits per heavy atom. The Morgan fingerprint density at radius 3 is 2.56 bits per heavy atom. The van der Waals surface area contributed by atoms with Crippen LogP contribution in [0.1, 0.15) is 54.2 Å². The van der Waals surface area contributed by atoms with Crippen LogP contribution >= 0.6 is 11.3 Å². The van der Waals surface area contributed by atoms with E-state index < -0.39 is 24.2 Å². The molecular weight excluding hydrogens is 430 g/mol. The van der Waals surface area contributed by atoms with Gasteiger partial charge in [-0.2, -0.15) is 0 Å². The standard InChI is InChI=1S/C23H31N3O5S/c1-2-30-22(28)20(25-23(29)31-16-17-10-6-5-7-11-17)21(27)18-14-24-19(32-18)15-26-12-8-3-4-9-13-26/h5-7,10-11,14,20-21,27H,2-4,8-9,12-13,15-16H2,1H3,(H,25,29). The van der Waals surface area contributed by atoms with Crippen LogP contribution in [0.3, 0.4) is 0 Å². The highest BCUT2D eigenvalue weighted by Gasteiger charge is 2.33. The molecule has 9 heteroatoms. The molecule has 2 heterocycles. The number of alkyl carbamates (subject to hydrolysis) is 1. The van der Waals surface area contributed by atoms with Crippen molar-refractivity contribution >= 4 is 23.4 Å². The number of benzene rings is 1. The summed E-state index contributed by atoms with van der Waals surface area (Å²) >= 11 is 1.34. The minimum atomic E-state index is -1.29. The molecule has 2 unspecified atom stereocenters. The summed E-state index contributed by atoms with van der Waals surface area (Å²) in [6.07, 6.45) is 4.35. The second kappa shape index (κ2) is 12.5. The summed E-state index contributed by atoms with van der Waals surface area (Å²) in [6.45, 7) is 4.65. The third-order valence-corrected chi connectivity index (χ3v) is 6.32. The molecule has 0 saturated carbocycles. The monoisotopic (exact) mass is 461 g/mol. The van der Waals surface area contributed by atoms with Crippen LogP contribution < -0.4 is 5.32 Å². The lowest BCUT2D eigenvalue weighted by Crippen LogP contribution is -2.46. The third kappa shape index (κ3) is 7.29. The summed E-state index contributed by atoms with van der Waals surface area (Å²) in [6, 6.07) is 7.92. The molecule has 1 aliphatic rings. The van der Waals surface area contributed by atoms with E-state index in [-0.39, 0.29) is 13.2 Å². The number of aliphatic hydroxyl groups excluding tert-OH is 1. The summed E-state index contributed by atoms with van der Waals surface area (Å²) in [7, 11) is 0. The number of hydrogen-bond acceptors (Lipinski definition) is 8. The van der Waals surface area contributed by atoms with E-state index in [2.05, 4.69) is 15.2 Å². The zero-order chi connectivity index (χ0) is 22.8. The molecule has 0 spiro atoms. The second-order valence-corrected chi connectivity index (χ2v) is 8.87. The second-order valence-electron chi connectivity index (χ2n) is 7.73. The van der Waals surface area contributed by atoms with Gasteiger partial charge in [-0.25, -0.2) is 14.6 Å². The lowest BCUT2D eigenvalue weighted by molar-refractivity contribution is -0.148. The van der Waals surface area contributed by atoms with Gasteiger partial charge in [-0.3, -0.25) is 4.90 Å². The molecule has 1 aromatic heterocycles. The van der Waals surface area contributed by atoms with Crippen molar-refractivity contribution in [2.75, 3.05) is 19.7 Å². The van der Waals surface area contributed by atoms with Crippen molar-refractivity contribution in [3.05, 3.63) is 52.0 Å². The maximum atomic E-state index is 12.5. The maximum absolute atomic E-state index is 12.5. The van der Waals surface area contributed by atoms with Crippen LogP contribution in [0, 0.1) is 0 Å². The highest BCUT2D eigenvalue weighted by atomic mass is 32.1. The average Bonchev–Trinajstić information content (AvgIpc) is 3.11. The molecule has 3 rings (SSSR count). The summed E-state index contributed by atoms with van der Waals surface area (Å²) in [5.41, 5.74) is 0.816. The van der Waals surface area contributed by atoms with Gasteiger partial charge < -0.3 is 19.9 Å². The molecule has 0 aliphatic carbocycles. The van der Waals surface area contributed by atoms with E-state index >= 15 is 0 Å². The van der Waals surface area contributed by atoms with Gasteiger partial charge in [-0.05, 0) is 38.4 Å². The van der Waals surface area contributed by atoms with Crippen molar-refractivity contribution in [2.24, 2.45) is 0 Å². The number of aromatic nitrogens is 1. The quantitative estimate of drug-likeness (QED) is 0.552. The average molecular weight is 462 g/mol. The van der Waals surface area contributed by atoms with Crippen molar-refractivity contribution in [3.8, 4) is 0 Å². The number of likely N-dealkylation sites (tertiary alicyclic amines) is 1. The van der Waals surface area contributed by atoms with E-state index in [9.17, 15) is 14.7 Å². The van der Waals surface area contributed by atoms with Crippen LogP contribution in [0.15, 0.2) is 36.5 Å². The van der Waals surface area contributed by atoms with Gasteiger partial charge in [0.2, 0.25) is 0 Å². The number of aliphatic hydroxyl groups is 1. The topological polar surface area (TPSA) is 101 Å². The predicted octanol–water partition coefficient (Wildman–Crippen LogP) is 3.41. The third-order valence-electron chi connectivity index (χ3n) is 5.26. The van der Waals surface area contributed by atoms with Crippen LogP contribution in [-0.4, -0.2) is 52.8 Å². The smallest absolute Gasteiger partial charge is 0.408 e. The van der Waals surface area contributed by atoms with Gasteiger partial charge in [0.15, 0.2) is 6.04 Å². The van der Waals surface area contributed by atoms with E-state index in [1.807, 2.05) is 30.3 Å². The maximum Gasteiger partial charge on any atom is 0.408 e. The van der Waals surface area contributed by atoms with Crippen LogP contribution in [0.25, 0.3) is 0 Å². The van der Waals surface area contributed by atoms with Crippen LogP contribution in [0.5, 0.6) is 0 Å². The van der Waals surface area contributed by atoms with Gasteiger partial charge in [-0.1, -0.05) is 43.2 Å². The molecular formula is C23H31N3O5S. The Bertz CT molecular complexity index is 852. The Morgan fingerprint density at radius 1 is 1.16 bits per heavy atom. The molecule has 1 aromatic carbocycles. The van der Waals surface area contributed by atoms with Crippen LogP contribution in [0.2, 0.25) is 0 Å². The molecule has 2 N–H and O–H groups in total. The zero-order valence-electron chi connectivity index (χ0n) is 18.4. The van der Waals surface area contributed by atoms with E-state index in [0.717, 1.165) is 23.7 Å². The first-order chi connectivity index (χ1) is 15.6. The van der Waals surface area contributed by atoms with Crippen molar-refractivity contribution in [2.45, 2.75) is 57.9 Å². The number of nitrogens with zero attached hydrogens (tertiary/aromatic N) is 2. The number of carbonyl (C=O) groups is 2. The molecule has 2 aromatic rings. The first kappa shape index (κ1) is 24.2. The van der Waals surface area contributed by atoms with Gasteiger partial charge in [0.1, 0.15) is 17.7 Å². The number of ether oxygens (including phenoxy) is 2. The molecule has 32 heavy (non-hydrogen) atoms. The molecule has 0 radical (unpaired) electrons. The van der Waals surface area contributed by atoms with E-state index in [4.69, 9.17) is 9.47 Å². The van der Waals surface area contributed by atoms with Gasteiger partial charge in [-0.15, -0.1) is 11.3 Å². The highest BCUT2D eigenvalue weighted by molar-refractivity contribution is 7.11. The number of carbonyl (C=O) groups excluding carboxylic acids is 2. The number of thiazole rings is 1. The number of nitrogens with one attached hydrogen (secondary N) is 1. The van der Waals surface area contributed by atoms with E-state index in [1.165, 1.54) is 37.0 Å². The Balaban J connectivity index is 1.62. The van der Waals surface area contributed by atoms with Crippen LogP contribution in [-0.2, 0) is 27.4 Å². The lowest BCUT2D eigenvalue weighted by Gasteiger charge is -2.21. The van der Waals surface area contributed by atoms with Crippen molar-refractivity contribution < 1.29 is 24.2 Å². The molecule has 1 aliphatic heterocycles. The SMILES string of the molecule is CCOC(=O)C(NC(=O)OCc1ccccc1)C(O)c1cnc(CN2CCCCCC2)s1. The molecule has 1 fully saturated rings. The Labute approximate surface area is 192 Å². The Kier molecular flexibility index (Phi) is 9.45. The molecule has 8 nitrogen and oxygen atoms in total. The highest BCUT2D eigenvalue weighted by Crippen LogP contribution is 2.26. The number of amides is 1. The number of rotatable bonds is 9. The van der Waals surface area contributed by atoms with Gasteiger partial charge >= 0.3 is 12.1 Å². The normalized spacial score (nSPS) is 16.6. The Hall–Kier alpha value is -2.49. The first-order valence-electron chi connectivity index (χ1n) is 11.1. The summed E-state index contributed by atoms with van der Waals surface area (Å²) < 4.78 is 10.3. The minimum absolute atomic E-state index is 0.0544. The van der Waals surface area contributed by atoms with Crippen molar-refractivity contribution in [1.29, 1.82) is 0 Å². The van der Waals surface area contributed by atoms with Gasteiger partial charge in [0.25, 0.3) is 0 Å². The molecule has 1 amide bonds. The molecule has 0 bridgehead atoms. The number of hydrogen-bond donors (Lipinski definition) is 2. The fraction of sp³-hybridized carbons (Fsp3) is 0.522. The molecule has 174 valence electrons. The zero-order valence-corrected chi connectivity index (χ0v) is 19.2. The van der Waals surface area contributed by atoms with Crippen molar-refractivity contribution in [1.82, 2.24) is 15.2 Å². The van der Waals surface area contributed by atoms with Crippen molar-refractivity contribution in [3.63, 3.8) is 0 Å². The fourth-order valence-electron chi connectivity index (χ4n) is 3.57. The summed E-state index contributed by atoms with van der Waals surface area (Å²) in [5.74, 6) is -0.723. The first-order valence-corrected chi connectivity index (χ1v) is 11.9. The summed E-state index contributed by atoms with van der Waals surface area (Å²) in [5, 5.41) is 14.2.